The van der Waals surface area contributed by atoms with Gasteiger partial charge in [-0.05, 0) is 34.1 Å². The molecule has 2 rings (SSSR count). The van der Waals surface area contributed by atoms with Gasteiger partial charge < -0.3 is 11.1 Å². The first kappa shape index (κ1) is 12.1. The third-order valence-electron chi connectivity index (χ3n) is 3.24. The fourth-order valence-corrected chi connectivity index (χ4v) is 2.08. The Labute approximate surface area is 101 Å². The highest BCUT2D eigenvalue weighted by molar-refractivity contribution is 5.95. The highest BCUT2D eigenvalue weighted by Gasteiger charge is 2.40. The second-order valence-corrected chi connectivity index (χ2v) is 5.08. The van der Waals surface area contributed by atoms with E-state index in [0.29, 0.717) is 6.04 Å². The third kappa shape index (κ3) is 2.20. The molecule has 0 spiro atoms. The molecule has 2 unspecified atom stereocenters. The Morgan fingerprint density at radius 3 is 2.53 bits per heavy atom. The molecule has 1 heterocycles. The van der Waals surface area contributed by atoms with Crippen molar-refractivity contribution >= 4 is 11.6 Å². The first-order chi connectivity index (χ1) is 7.91. The number of carbonyl (C=O) groups is 1. The van der Waals surface area contributed by atoms with E-state index in [4.69, 9.17) is 5.73 Å². The van der Waals surface area contributed by atoms with Crippen molar-refractivity contribution in [3.8, 4) is 0 Å². The van der Waals surface area contributed by atoms with Crippen LogP contribution in [0.1, 0.15) is 37.7 Å². The lowest BCUT2D eigenvalue weighted by Gasteiger charge is -2.09. The van der Waals surface area contributed by atoms with Crippen LogP contribution in [0.2, 0.25) is 0 Å². The first-order valence-electron chi connectivity index (χ1n) is 6.04. The largest absolute Gasteiger partial charge is 0.327 e. The summed E-state index contributed by atoms with van der Waals surface area (Å²) in [4.78, 5) is 11.8. The van der Waals surface area contributed by atoms with Gasteiger partial charge in [0.15, 0.2) is 0 Å². The van der Waals surface area contributed by atoms with Gasteiger partial charge in [0.1, 0.15) is 0 Å². The Morgan fingerprint density at radius 1 is 1.53 bits per heavy atom. The Kier molecular flexibility index (Phi) is 2.95. The van der Waals surface area contributed by atoms with Crippen LogP contribution in [-0.2, 0) is 4.79 Å². The first-order valence-corrected chi connectivity index (χ1v) is 6.04. The molecular weight excluding hydrogens is 216 g/mol. The number of rotatable bonds is 3. The van der Waals surface area contributed by atoms with E-state index < -0.39 is 0 Å². The Hall–Kier alpha value is -1.36. The van der Waals surface area contributed by atoms with Crippen LogP contribution in [0.4, 0.5) is 5.69 Å². The predicted octanol–water partition coefficient (Wildman–Crippen LogP) is 1.37. The summed E-state index contributed by atoms with van der Waals surface area (Å²) < 4.78 is 1.93. The SMILES string of the molecule is Cc1nn(C(C)C)c(C)c1NC(=O)C1CC1N. The molecular formula is C12H20N4O. The van der Waals surface area contributed by atoms with E-state index in [0.717, 1.165) is 23.5 Å². The summed E-state index contributed by atoms with van der Waals surface area (Å²) >= 11 is 0. The van der Waals surface area contributed by atoms with Crippen molar-refractivity contribution in [3.05, 3.63) is 11.4 Å². The normalized spacial score (nSPS) is 22.9. The maximum Gasteiger partial charge on any atom is 0.229 e. The minimum absolute atomic E-state index is 0.0174. The number of aromatic nitrogens is 2. The van der Waals surface area contributed by atoms with E-state index in [2.05, 4.69) is 24.3 Å². The van der Waals surface area contributed by atoms with E-state index in [1.807, 2.05) is 18.5 Å². The molecule has 1 aromatic heterocycles. The number of nitrogens with two attached hydrogens (primary N) is 1. The van der Waals surface area contributed by atoms with E-state index in [1.165, 1.54) is 0 Å². The minimum atomic E-state index is -0.0174. The zero-order chi connectivity index (χ0) is 12.7. The van der Waals surface area contributed by atoms with Gasteiger partial charge in [-0.1, -0.05) is 0 Å². The number of aryl methyl sites for hydroxylation is 1. The van der Waals surface area contributed by atoms with Crippen LogP contribution in [0, 0.1) is 19.8 Å². The smallest absolute Gasteiger partial charge is 0.229 e. The van der Waals surface area contributed by atoms with Crippen LogP contribution >= 0.6 is 0 Å². The molecule has 5 heteroatoms. The Balaban J connectivity index is 2.18. The number of nitrogens with zero attached hydrogens (tertiary/aromatic N) is 2. The summed E-state index contributed by atoms with van der Waals surface area (Å²) in [6.07, 6.45) is 0.794. The average Bonchev–Trinajstić information content (AvgIpc) is 2.91. The quantitative estimate of drug-likeness (QED) is 0.832. The number of anilines is 1. The lowest BCUT2D eigenvalue weighted by Crippen LogP contribution is -2.19. The van der Waals surface area contributed by atoms with Gasteiger partial charge in [0.2, 0.25) is 5.91 Å². The van der Waals surface area contributed by atoms with Gasteiger partial charge in [0.05, 0.1) is 23.0 Å². The molecule has 1 amide bonds. The molecule has 0 radical (unpaired) electrons. The standard InChI is InChI=1S/C12H20N4O/c1-6(2)16-8(4)11(7(3)15-16)14-12(17)9-5-10(9)13/h6,9-10H,5,13H2,1-4H3,(H,14,17). The topological polar surface area (TPSA) is 72.9 Å². The van der Waals surface area contributed by atoms with Gasteiger partial charge in [0.25, 0.3) is 0 Å². The Morgan fingerprint density at radius 2 is 2.12 bits per heavy atom. The summed E-state index contributed by atoms with van der Waals surface area (Å²) in [5.74, 6) is 0.00297. The predicted molar refractivity (Wildman–Crippen MR) is 66.8 cm³/mol. The van der Waals surface area contributed by atoms with Gasteiger partial charge in [-0.3, -0.25) is 9.48 Å². The molecule has 1 aromatic rings. The molecule has 1 aliphatic carbocycles. The molecule has 5 nitrogen and oxygen atoms in total. The highest BCUT2D eigenvalue weighted by atomic mass is 16.2. The lowest BCUT2D eigenvalue weighted by atomic mass is 10.2. The summed E-state index contributed by atoms with van der Waals surface area (Å²) in [5, 5.41) is 7.38. The molecule has 2 atom stereocenters. The number of carbonyl (C=O) groups excluding carboxylic acids is 1. The van der Waals surface area contributed by atoms with E-state index in [-0.39, 0.29) is 17.9 Å². The summed E-state index contributed by atoms with van der Waals surface area (Å²) in [6, 6.07) is 0.332. The molecule has 0 bridgehead atoms. The van der Waals surface area contributed by atoms with Gasteiger partial charge in [-0.2, -0.15) is 5.10 Å². The lowest BCUT2D eigenvalue weighted by molar-refractivity contribution is -0.117. The molecule has 0 aliphatic heterocycles. The van der Waals surface area contributed by atoms with E-state index >= 15 is 0 Å². The molecule has 3 N–H and O–H groups in total. The minimum Gasteiger partial charge on any atom is -0.327 e. The summed E-state index contributed by atoms with van der Waals surface area (Å²) in [7, 11) is 0. The van der Waals surface area contributed by atoms with Gasteiger partial charge >= 0.3 is 0 Å². The maximum atomic E-state index is 11.8. The molecule has 1 aliphatic rings. The molecule has 0 saturated heterocycles. The van der Waals surface area contributed by atoms with Crippen LogP contribution in [0.3, 0.4) is 0 Å². The number of hydrogen-bond donors (Lipinski definition) is 2. The van der Waals surface area contributed by atoms with Crippen LogP contribution in [0.25, 0.3) is 0 Å². The average molecular weight is 236 g/mol. The van der Waals surface area contributed by atoms with E-state index in [9.17, 15) is 4.79 Å². The molecule has 17 heavy (non-hydrogen) atoms. The van der Waals surface area contributed by atoms with Gasteiger partial charge in [0, 0.05) is 12.1 Å². The van der Waals surface area contributed by atoms with Crippen LogP contribution in [0.15, 0.2) is 0 Å². The Bertz CT molecular complexity index is 450. The number of nitrogens with one attached hydrogen (secondary N) is 1. The third-order valence-corrected chi connectivity index (χ3v) is 3.24. The second kappa shape index (κ2) is 4.14. The van der Waals surface area contributed by atoms with E-state index in [1.54, 1.807) is 0 Å². The summed E-state index contributed by atoms with van der Waals surface area (Å²) in [6.45, 7) is 8.03. The molecule has 1 saturated carbocycles. The number of amides is 1. The summed E-state index contributed by atoms with van der Waals surface area (Å²) in [5.41, 5.74) is 8.36. The molecule has 1 fully saturated rings. The zero-order valence-electron chi connectivity index (χ0n) is 10.8. The highest BCUT2D eigenvalue weighted by Crippen LogP contribution is 2.30. The number of hydrogen-bond acceptors (Lipinski definition) is 3. The van der Waals surface area contributed by atoms with Crippen molar-refractivity contribution in [2.24, 2.45) is 11.7 Å². The molecule has 0 aromatic carbocycles. The van der Waals surface area contributed by atoms with Crippen molar-refractivity contribution < 1.29 is 4.79 Å². The molecule has 94 valence electrons. The van der Waals surface area contributed by atoms with Crippen LogP contribution in [0.5, 0.6) is 0 Å². The van der Waals surface area contributed by atoms with Crippen molar-refractivity contribution in [1.82, 2.24) is 9.78 Å². The van der Waals surface area contributed by atoms with Crippen LogP contribution in [-0.4, -0.2) is 21.7 Å². The van der Waals surface area contributed by atoms with Crippen molar-refractivity contribution in [2.45, 2.75) is 46.2 Å². The van der Waals surface area contributed by atoms with Crippen LogP contribution < -0.4 is 11.1 Å². The maximum absolute atomic E-state index is 11.8. The monoisotopic (exact) mass is 236 g/mol. The van der Waals surface area contributed by atoms with Crippen molar-refractivity contribution in [3.63, 3.8) is 0 Å². The zero-order valence-corrected chi connectivity index (χ0v) is 10.8. The second-order valence-electron chi connectivity index (χ2n) is 5.08. The van der Waals surface area contributed by atoms with Crippen molar-refractivity contribution in [1.29, 1.82) is 0 Å². The fourth-order valence-electron chi connectivity index (χ4n) is 2.08. The van der Waals surface area contributed by atoms with Crippen molar-refractivity contribution in [2.75, 3.05) is 5.32 Å². The fraction of sp³-hybridized carbons (Fsp3) is 0.667. The van der Waals surface area contributed by atoms with Gasteiger partial charge in [-0.15, -0.1) is 0 Å². The van der Waals surface area contributed by atoms with Gasteiger partial charge in [-0.25, -0.2) is 0 Å².